The largest absolute Gasteiger partial charge is 0.493 e. The van der Waals surface area contributed by atoms with Gasteiger partial charge in [-0.05, 0) is 42.8 Å². The molecule has 1 N–H and O–H groups in total. The number of benzene rings is 1. The molecule has 1 amide bonds. The second-order valence-corrected chi connectivity index (χ2v) is 7.57. The third kappa shape index (κ3) is 3.98. The van der Waals surface area contributed by atoms with Crippen LogP contribution in [0.1, 0.15) is 23.0 Å². The molecule has 0 spiro atoms. The van der Waals surface area contributed by atoms with Crippen molar-refractivity contribution in [3.8, 4) is 28.3 Å². The molecule has 1 aliphatic heterocycles. The maximum atomic E-state index is 13.6. The van der Waals surface area contributed by atoms with E-state index in [1.165, 1.54) is 31.7 Å². The first-order chi connectivity index (χ1) is 16.2. The van der Waals surface area contributed by atoms with E-state index in [1.807, 2.05) is 4.57 Å². The van der Waals surface area contributed by atoms with Crippen LogP contribution in [0.3, 0.4) is 0 Å². The first-order valence-electron chi connectivity index (χ1n) is 10.4. The highest BCUT2D eigenvalue weighted by Gasteiger charge is 2.27. The summed E-state index contributed by atoms with van der Waals surface area (Å²) in [5.41, 5.74) is 3.12. The lowest BCUT2D eigenvalue weighted by molar-refractivity contribution is 0.0996. The molecule has 1 unspecified atom stereocenters. The van der Waals surface area contributed by atoms with Gasteiger partial charge in [-0.1, -0.05) is 0 Å². The second-order valence-electron chi connectivity index (χ2n) is 7.57. The van der Waals surface area contributed by atoms with Crippen LogP contribution in [0, 0.1) is 5.82 Å². The number of aromatic nitrogens is 3. The van der Waals surface area contributed by atoms with E-state index < -0.39 is 5.91 Å². The van der Waals surface area contributed by atoms with E-state index in [-0.39, 0.29) is 17.6 Å². The molecule has 0 aliphatic carbocycles. The van der Waals surface area contributed by atoms with Gasteiger partial charge in [-0.2, -0.15) is 0 Å². The lowest BCUT2D eigenvalue weighted by atomic mass is 10.0. The van der Waals surface area contributed by atoms with Crippen molar-refractivity contribution in [1.82, 2.24) is 14.5 Å². The highest BCUT2D eigenvalue weighted by atomic mass is 19.1. The van der Waals surface area contributed by atoms with Gasteiger partial charge in [-0.3, -0.25) is 9.78 Å². The first kappa shape index (κ1) is 20.9. The number of imidazole rings is 1. The Hall–Kier alpha value is -3.98. The summed E-state index contributed by atoms with van der Waals surface area (Å²) in [7, 11) is 1.51. The number of nitrogens with one attached hydrogen (secondary N) is 1. The number of carbonyl (C=O) groups excluding carboxylic acids is 1. The van der Waals surface area contributed by atoms with E-state index in [9.17, 15) is 9.18 Å². The number of amides is 1. The molecular formula is C24H21FN4O4. The van der Waals surface area contributed by atoms with Gasteiger partial charge in [-0.15, -0.1) is 0 Å². The number of carbonyl (C=O) groups is 1. The zero-order valence-electron chi connectivity index (χ0n) is 17.8. The van der Waals surface area contributed by atoms with Crippen molar-refractivity contribution >= 4 is 11.6 Å². The first-order valence-corrected chi connectivity index (χ1v) is 10.4. The van der Waals surface area contributed by atoms with Gasteiger partial charge in [-0.25, -0.2) is 9.37 Å². The molecule has 0 saturated carbocycles. The summed E-state index contributed by atoms with van der Waals surface area (Å²) in [4.78, 5) is 21.8. The Balaban J connectivity index is 1.68. The highest BCUT2D eigenvalue weighted by Crippen LogP contribution is 2.41. The summed E-state index contributed by atoms with van der Waals surface area (Å²) in [6, 6.07) is 9.40. The van der Waals surface area contributed by atoms with Crippen LogP contribution >= 0.6 is 0 Å². The number of anilines is 1. The predicted octanol–water partition coefficient (Wildman–Crippen LogP) is 4.57. The third-order valence-corrected chi connectivity index (χ3v) is 5.58. The van der Waals surface area contributed by atoms with Gasteiger partial charge in [0.05, 0.1) is 55.6 Å². The number of ether oxygens (including phenoxy) is 2. The molecule has 1 saturated heterocycles. The molecular weight excluding hydrogens is 427 g/mol. The second kappa shape index (κ2) is 8.87. The topological polar surface area (TPSA) is 91.4 Å². The Morgan fingerprint density at radius 1 is 1.24 bits per heavy atom. The quantitative estimate of drug-likeness (QED) is 0.465. The zero-order chi connectivity index (χ0) is 22.8. The van der Waals surface area contributed by atoms with Crippen LogP contribution in [0.5, 0.6) is 5.75 Å². The summed E-state index contributed by atoms with van der Waals surface area (Å²) < 4.78 is 32.0. The number of furan rings is 1. The van der Waals surface area contributed by atoms with Crippen LogP contribution in [0.2, 0.25) is 0 Å². The van der Waals surface area contributed by atoms with Crippen molar-refractivity contribution < 1.29 is 23.1 Å². The van der Waals surface area contributed by atoms with Crippen molar-refractivity contribution in [3.63, 3.8) is 0 Å². The molecule has 4 aromatic rings. The minimum atomic E-state index is -0.427. The lowest BCUT2D eigenvalue weighted by Crippen LogP contribution is -2.15. The number of methoxy groups -OCH3 is 1. The summed E-state index contributed by atoms with van der Waals surface area (Å²) >= 11 is 0. The maximum absolute atomic E-state index is 13.6. The Morgan fingerprint density at radius 2 is 2.09 bits per heavy atom. The molecule has 5 rings (SSSR count). The van der Waals surface area contributed by atoms with E-state index >= 15 is 0 Å². The van der Waals surface area contributed by atoms with Crippen molar-refractivity contribution in [2.75, 3.05) is 25.6 Å². The number of hydrogen-bond donors (Lipinski definition) is 1. The average Bonchev–Trinajstić information content (AvgIpc) is 3.61. The van der Waals surface area contributed by atoms with Gasteiger partial charge < -0.3 is 23.8 Å². The summed E-state index contributed by atoms with van der Waals surface area (Å²) in [5.74, 6) is -0.216. The van der Waals surface area contributed by atoms with Crippen molar-refractivity contribution in [2.24, 2.45) is 0 Å². The molecule has 168 valence electrons. The van der Waals surface area contributed by atoms with Gasteiger partial charge in [0.2, 0.25) is 0 Å². The Bertz CT molecular complexity index is 1260. The fourth-order valence-electron chi connectivity index (χ4n) is 3.95. The summed E-state index contributed by atoms with van der Waals surface area (Å²) in [6.07, 6.45) is 7.17. The Morgan fingerprint density at radius 3 is 2.79 bits per heavy atom. The number of nitrogens with zero attached hydrogens (tertiary/aromatic N) is 3. The monoisotopic (exact) mass is 448 g/mol. The standard InChI is InChI=1S/C24H21FN4O4/c1-31-20-12-26-11-18(22(20)28-24(30)19-3-2-9-33-19)23-21(15-4-6-16(25)7-5-15)27-14-29(23)17-8-10-32-13-17/h2-7,9,11-12,14,17H,8,10,13H2,1H3,(H,26,28,30). The predicted molar refractivity (Wildman–Crippen MR) is 119 cm³/mol. The molecule has 3 aromatic heterocycles. The number of rotatable bonds is 6. The molecule has 8 nitrogen and oxygen atoms in total. The minimum Gasteiger partial charge on any atom is -0.493 e. The van der Waals surface area contributed by atoms with Gasteiger partial charge in [0.25, 0.3) is 5.91 Å². The van der Waals surface area contributed by atoms with Crippen LogP contribution in [0.4, 0.5) is 10.1 Å². The Kier molecular flexibility index (Phi) is 5.62. The van der Waals surface area contributed by atoms with Gasteiger partial charge in [0.15, 0.2) is 11.5 Å². The zero-order valence-corrected chi connectivity index (χ0v) is 17.8. The fraction of sp³-hybridized carbons (Fsp3) is 0.208. The van der Waals surface area contributed by atoms with E-state index in [2.05, 4.69) is 15.3 Å². The van der Waals surface area contributed by atoms with E-state index in [1.54, 1.807) is 36.8 Å². The molecule has 0 bridgehead atoms. The molecule has 1 aliphatic rings. The number of pyridine rings is 1. The summed E-state index contributed by atoms with van der Waals surface area (Å²) in [6.45, 7) is 1.18. The van der Waals surface area contributed by atoms with Crippen LogP contribution < -0.4 is 10.1 Å². The van der Waals surface area contributed by atoms with E-state index in [4.69, 9.17) is 13.9 Å². The number of hydrogen-bond acceptors (Lipinski definition) is 6. The fourth-order valence-corrected chi connectivity index (χ4v) is 3.95. The molecule has 1 fully saturated rings. The molecule has 0 radical (unpaired) electrons. The van der Waals surface area contributed by atoms with Gasteiger partial charge >= 0.3 is 0 Å². The van der Waals surface area contributed by atoms with E-state index in [0.717, 1.165) is 17.7 Å². The number of halogens is 1. The van der Waals surface area contributed by atoms with Crippen LogP contribution in [0.25, 0.3) is 22.5 Å². The summed E-state index contributed by atoms with van der Waals surface area (Å²) in [5, 5.41) is 2.90. The molecule has 33 heavy (non-hydrogen) atoms. The van der Waals surface area contributed by atoms with Crippen molar-refractivity contribution in [1.29, 1.82) is 0 Å². The maximum Gasteiger partial charge on any atom is 0.291 e. The lowest BCUT2D eigenvalue weighted by Gasteiger charge is -2.19. The molecule has 1 aromatic carbocycles. The normalized spacial score (nSPS) is 15.5. The SMILES string of the molecule is COc1cncc(-c2c(-c3ccc(F)cc3)ncn2C2CCOC2)c1NC(=O)c1ccco1. The van der Waals surface area contributed by atoms with Crippen molar-refractivity contribution in [2.45, 2.75) is 12.5 Å². The van der Waals surface area contributed by atoms with Crippen molar-refractivity contribution in [3.05, 3.63) is 73.0 Å². The highest BCUT2D eigenvalue weighted by molar-refractivity contribution is 6.06. The smallest absolute Gasteiger partial charge is 0.291 e. The van der Waals surface area contributed by atoms with Gasteiger partial charge in [0, 0.05) is 23.9 Å². The van der Waals surface area contributed by atoms with Crippen LogP contribution in [-0.2, 0) is 4.74 Å². The molecule has 1 atom stereocenters. The average molecular weight is 448 g/mol. The minimum absolute atomic E-state index is 0.0570. The molecule has 4 heterocycles. The van der Waals surface area contributed by atoms with Crippen LogP contribution in [0.15, 0.2) is 65.8 Å². The van der Waals surface area contributed by atoms with E-state index in [0.29, 0.717) is 35.9 Å². The van der Waals surface area contributed by atoms with Crippen LogP contribution in [-0.4, -0.2) is 40.8 Å². The third-order valence-electron chi connectivity index (χ3n) is 5.58. The van der Waals surface area contributed by atoms with Gasteiger partial charge in [0.1, 0.15) is 5.82 Å². The molecule has 9 heteroatoms. The Labute approximate surface area is 189 Å².